The lowest BCUT2D eigenvalue weighted by Gasteiger charge is -2.01. The molecule has 7 nitrogen and oxygen atoms in total. The summed E-state index contributed by atoms with van der Waals surface area (Å²) in [6.45, 7) is 0.0659. The van der Waals surface area contributed by atoms with Gasteiger partial charge in [0.25, 0.3) is 5.69 Å². The quantitative estimate of drug-likeness (QED) is 0.279. The number of benzene rings is 2. The highest BCUT2D eigenvalue weighted by Gasteiger charge is 2.06. The topological polar surface area (TPSA) is 94.4 Å². The van der Waals surface area contributed by atoms with Crippen molar-refractivity contribution in [1.82, 2.24) is 4.98 Å². The first-order valence-electron chi connectivity index (χ1n) is 7.96. The fourth-order valence-electron chi connectivity index (χ4n) is 2.14. The second-order valence-corrected chi connectivity index (χ2v) is 6.28. The predicted molar refractivity (Wildman–Crippen MR) is 104 cm³/mol. The van der Waals surface area contributed by atoms with Crippen LogP contribution in [0.5, 0.6) is 0 Å². The molecule has 0 saturated carbocycles. The Morgan fingerprint density at radius 1 is 1.19 bits per heavy atom. The number of nitrogens with one attached hydrogen (secondary N) is 1. The second kappa shape index (κ2) is 8.72. The van der Waals surface area contributed by atoms with Crippen molar-refractivity contribution in [3.63, 3.8) is 0 Å². The van der Waals surface area contributed by atoms with Gasteiger partial charge in [-0.15, -0.1) is 11.3 Å². The van der Waals surface area contributed by atoms with E-state index in [0.29, 0.717) is 16.4 Å². The number of thiazole rings is 1. The van der Waals surface area contributed by atoms with Gasteiger partial charge in [-0.3, -0.25) is 10.1 Å². The number of rotatable bonds is 7. The first kappa shape index (κ1) is 18.3. The molecule has 1 aromatic heterocycles. The van der Waals surface area contributed by atoms with E-state index in [9.17, 15) is 14.9 Å². The fraction of sp³-hybridized carbons (Fsp3) is 0.0526. The third-order valence-corrected chi connectivity index (χ3v) is 4.26. The van der Waals surface area contributed by atoms with Crippen molar-refractivity contribution >= 4 is 39.9 Å². The number of nitrogens with zero attached hydrogens (tertiary/aromatic N) is 2. The molecule has 0 unspecified atom stereocenters. The molecule has 0 saturated heterocycles. The van der Waals surface area contributed by atoms with Gasteiger partial charge in [-0.1, -0.05) is 18.2 Å². The zero-order chi connectivity index (χ0) is 19.1. The number of non-ortho nitro benzene ring substituents is 1. The highest BCUT2D eigenvalue weighted by Crippen LogP contribution is 2.21. The normalized spacial score (nSPS) is 10.7. The average molecular weight is 381 g/mol. The SMILES string of the molecule is O=C(/C=C/c1ccc([N+](=O)[O-])cc1)OCc1csc(Nc2ccccc2)n1. The minimum atomic E-state index is -0.515. The lowest BCUT2D eigenvalue weighted by Crippen LogP contribution is -2.01. The van der Waals surface area contributed by atoms with E-state index in [1.54, 1.807) is 12.1 Å². The molecule has 0 fully saturated rings. The summed E-state index contributed by atoms with van der Waals surface area (Å²) in [5.41, 5.74) is 2.25. The Balaban J connectivity index is 1.49. The Labute approximate surface area is 159 Å². The summed E-state index contributed by atoms with van der Waals surface area (Å²) in [7, 11) is 0. The maximum absolute atomic E-state index is 11.8. The van der Waals surface area contributed by atoms with Gasteiger partial charge < -0.3 is 10.1 Å². The molecule has 8 heteroatoms. The van der Waals surface area contributed by atoms with Crippen molar-refractivity contribution < 1.29 is 14.5 Å². The number of nitro benzene ring substituents is 1. The average Bonchev–Trinajstić information content (AvgIpc) is 3.13. The van der Waals surface area contributed by atoms with Crippen molar-refractivity contribution in [1.29, 1.82) is 0 Å². The van der Waals surface area contributed by atoms with E-state index < -0.39 is 10.9 Å². The van der Waals surface area contributed by atoms with Crippen LogP contribution in [0.15, 0.2) is 66.1 Å². The molecule has 2 aromatic carbocycles. The number of nitro groups is 1. The first-order valence-corrected chi connectivity index (χ1v) is 8.84. The number of carbonyl (C=O) groups excluding carboxylic acids is 1. The molecule has 0 atom stereocenters. The zero-order valence-corrected chi connectivity index (χ0v) is 14.9. The zero-order valence-electron chi connectivity index (χ0n) is 14.1. The second-order valence-electron chi connectivity index (χ2n) is 5.42. The van der Waals surface area contributed by atoms with Gasteiger partial charge in [-0.25, -0.2) is 9.78 Å². The summed E-state index contributed by atoms with van der Waals surface area (Å²) >= 11 is 1.42. The van der Waals surface area contributed by atoms with Crippen LogP contribution in [0.3, 0.4) is 0 Å². The van der Waals surface area contributed by atoms with Gasteiger partial charge in [0.2, 0.25) is 0 Å². The van der Waals surface area contributed by atoms with Crippen LogP contribution in [0, 0.1) is 10.1 Å². The maximum atomic E-state index is 11.8. The minimum absolute atomic E-state index is 0.00169. The first-order chi connectivity index (χ1) is 13.1. The van der Waals surface area contributed by atoms with Crippen LogP contribution in [0.4, 0.5) is 16.5 Å². The number of hydrogen-bond donors (Lipinski definition) is 1. The Kier molecular flexibility index (Phi) is 5.91. The number of carbonyl (C=O) groups is 1. The van der Waals surface area contributed by atoms with E-state index in [1.807, 2.05) is 35.7 Å². The van der Waals surface area contributed by atoms with E-state index in [0.717, 1.165) is 5.69 Å². The molecular formula is C19H15N3O4S. The van der Waals surface area contributed by atoms with Crippen LogP contribution in [-0.4, -0.2) is 15.9 Å². The molecule has 27 heavy (non-hydrogen) atoms. The third kappa shape index (κ3) is 5.48. The Hall–Kier alpha value is -3.52. The highest BCUT2D eigenvalue weighted by molar-refractivity contribution is 7.13. The molecule has 0 aliphatic heterocycles. The predicted octanol–water partition coefficient (Wildman–Crippen LogP) is 4.55. The van der Waals surface area contributed by atoms with Gasteiger partial charge in [-0.2, -0.15) is 0 Å². The number of esters is 1. The number of ether oxygens (including phenoxy) is 1. The Morgan fingerprint density at radius 3 is 2.63 bits per heavy atom. The molecule has 0 aliphatic rings. The number of aromatic nitrogens is 1. The summed E-state index contributed by atoms with van der Waals surface area (Å²) in [5.74, 6) is -0.515. The van der Waals surface area contributed by atoms with E-state index >= 15 is 0 Å². The lowest BCUT2D eigenvalue weighted by molar-refractivity contribution is -0.384. The molecule has 136 valence electrons. The highest BCUT2D eigenvalue weighted by atomic mass is 32.1. The van der Waals surface area contributed by atoms with Gasteiger partial charge in [0, 0.05) is 29.3 Å². The van der Waals surface area contributed by atoms with Crippen LogP contribution in [0.2, 0.25) is 0 Å². The van der Waals surface area contributed by atoms with Crippen molar-refractivity contribution in [2.45, 2.75) is 6.61 Å². The molecule has 3 rings (SSSR count). The van der Waals surface area contributed by atoms with Gasteiger partial charge in [0.05, 0.1) is 10.6 Å². The fourth-order valence-corrected chi connectivity index (χ4v) is 2.86. The smallest absolute Gasteiger partial charge is 0.331 e. The van der Waals surface area contributed by atoms with Crippen LogP contribution >= 0.6 is 11.3 Å². The number of anilines is 2. The largest absolute Gasteiger partial charge is 0.456 e. The van der Waals surface area contributed by atoms with E-state index in [2.05, 4.69) is 10.3 Å². The summed E-state index contributed by atoms with van der Waals surface area (Å²) < 4.78 is 5.16. The Bertz CT molecular complexity index is 953. The summed E-state index contributed by atoms with van der Waals surface area (Å²) in [4.78, 5) is 26.3. The van der Waals surface area contributed by atoms with Gasteiger partial charge in [-0.05, 0) is 35.9 Å². The van der Waals surface area contributed by atoms with Gasteiger partial charge >= 0.3 is 5.97 Å². The van der Waals surface area contributed by atoms with E-state index in [1.165, 1.54) is 35.6 Å². The third-order valence-electron chi connectivity index (χ3n) is 3.45. The minimum Gasteiger partial charge on any atom is -0.456 e. The van der Waals surface area contributed by atoms with Crippen LogP contribution in [0.1, 0.15) is 11.3 Å². The number of para-hydroxylation sites is 1. The van der Waals surface area contributed by atoms with E-state index in [-0.39, 0.29) is 12.3 Å². The van der Waals surface area contributed by atoms with Crippen LogP contribution in [-0.2, 0) is 16.1 Å². The molecule has 0 spiro atoms. The summed E-state index contributed by atoms with van der Waals surface area (Å²) in [5, 5.41) is 16.3. The van der Waals surface area contributed by atoms with Crippen LogP contribution in [0.25, 0.3) is 6.08 Å². The lowest BCUT2D eigenvalue weighted by atomic mass is 10.2. The van der Waals surface area contributed by atoms with Crippen molar-refractivity contribution in [3.05, 3.63) is 87.4 Å². The molecule has 0 radical (unpaired) electrons. The van der Waals surface area contributed by atoms with Crippen molar-refractivity contribution in [3.8, 4) is 0 Å². The standard InChI is InChI=1S/C19H15N3O4S/c23-18(11-8-14-6-9-17(10-7-14)22(24)25)26-12-16-13-27-19(21-16)20-15-4-2-1-3-5-15/h1-11,13H,12H2,(H,20,21)/b11-8+. The molecule has 0 amide bonds. The molecule has 0 bridgehead atoms. The van der Waals surface area contributed by atoms with Crippen molar-refractivity contribution in [2.75, 3.05) is 5.32 Å². The monoisotopic (exact) mass is 381 g/mol. The Morgan fingerprint density at radius 2 is 1.93 bits per heavy atom. The molecule has 1 heterocycles. The van der Waals surface area contributed by atoms with Gasteiger partial charge in [0.15, 0.2) is 5.13 Å². The maximum Gasteiger partial charge on any atom is 0.331 e. The summed E-state index contributed by atoms with van der Waals surface area (Å²) in [6.07, 6.45) is 2.81. The van der Waals surface area contributed by atoms with Crippen molar-refractivity contribution in [2.24, 2.45) is 0 Å². The number of hydrogen-bond acceptors (Lipinski definition) is 7. The molecule has 1 N–H and O–H groups in total. The molecule has 3 aromatic rings. The molecule has 0 aliphatic carbocycles. The van der Waals surface area contributed by atoms with E-state index in [4.69, 9.17) is 4.74 Å². The summed E-state index contributed by atoms with van der Waals surface area (Å²) in [6, 6.07) is 15.5. The molecular weight excluding hydrogens is 366 g/mol. The van der Waals surface area contributed by atoms with Gasteiger partial charge in [0.1, 0.15) is 6.61 Å². The van der Waals surface area contributed by atoms with Crippen LogP contribution < -0.4 is 5.32 Å².